The Kier molecular flexibility index (Phi) is 15.8. The number of hydrogen-bond donors (Lipinski definition) is 1. The van der Waals surface area contributed by atoms with Gasteiger partial charge in [-0.15, -0.1) is 0 Å². The Hall–Kier alpha value is -2.38. The number of aliphatic hydroxyl groups is 1. The molecule has 0 heterocycles. The molecule has 0 aliphatic rings. The first-order valence-electron chi connectivity index (χ1n) is 9.71. The fraction of sp³-hybridized carbons (Fsp3) is 0.308. The van der Waals surface area contributed by atoms with Crippen LogP contribution in [0.5, 0.6) is 0 Å². The summed E-state index contributed by atoms with van der Waals surface area (Å²) in [6.07, 6.45) is 0. The summed E-state index contributed by atoms with van der Waals surface area (Å²) in [5.41, 5.74) is 1.50. The average Bonchev–Trinajstić information content (AvgIpc) is 2.79. The standard InChI is InChI=1S/C19H16O.3C2H6.CH4/c20-19(16-10-4-1-5-11-16,17-12-6-2-7-13-17)18-14-8-3-9-15-18;3*1-2;/h1-15,20H;3*1-2H3;1H4. The van der Waals surface area contributed by atoms with E-state index in [4.69, 9.17) is 0 Å². The lowest BCUT2D eigenvalue weighted by molar-refractivity contribution is 0.125. The third kappa shape index (κ3) is 7.03. The summed E-state index contributed by atoms with van der Waals surface area (Å²) >= 11 is 0. The van der Waals surface area contributed by atoms with Gasteiger partial charge in [-0.25, -0.2) is 0 Å². The van der Waals surface area contributed by atoms with Crippen molar-refractivity contribution in [3.63, 3.8) is 0 Å². The van der Waals surface area contributed by atoms with Crippen LogP contribution in [0.15, 0.2) is 91.0 Å². The quantitative estimate of drug-likeness (QED) is 0.471. The molecule has 0 saturated carbocycles. The second-order valence-electron chi connectivity index (χ2n) is 4.81. The van der Waals surface area contributed by atoms with Crippen LogP contribution in [0.25, 0.3) is 0 Å². The molecule has 0 atom stereocenters. The van der Waals surface area contributed by atoms with Gasteiger partial charge in [0.25, 0.3) is 0 Å². The maximum absolute atomic E-state index is 11.4. The van der Waals surface area contributed by atoms with Crippen molar-refractivity contribution in [1.82, 2.24) is 0 Å². The summed E-state index contributed by atoms with van der Waals surface area (Å²) < 4.78 is 0. The Morgan fingerprint density at radius 3 is 0.815 bits per heavy atom. The van der Waals surface area contributed by atoms with E-state index in [1.807, 2.05) is 133 Å². The van der Waals surface area contributed by atoms with Gasteiger partial charge in [-0.1, -0.05) is 140 Å². The van der Waals surface area contributed by atoms with Crippen molar-refractivity contribution in [2.24, 2.45) is 0 Å². The fourth-order valence-electron chi connectivity index (χ4n) is 2.54. The van der Waals surface area contributed by atoms with Crippen LogP contribution in [0.2, 0.25) is 0 Å². The van der Waals surface area contributed by atoms with E-state index in [9.17, 15) is 5.11 Å². The van der Waals surface area contributed by atoms with Crippen LogP contribution in [0, 0.1) is 0 Å². The molecule has 148 valence electrons. The van der Waals surface area contributed by atoms with Crippen molar-refractivity contribution >= 4 is 0 Å². The molecule has 3 aromatic carbocycles. The first-order valence-corrected chi connectivity index (χ1v) is 9.71. The van der Waals surface area contributed by atoms with Gasteiger partial charge in [-0.05, 0) is 16.7 Å². The van der Waals surface area contributed by atoms with E-state index in [1.54, 1.807) is 0 Å². The molecule has 0 aliphatic carbocycles. The molecule has 1 heteroatoms. The minimum Gasteiger partial charge on any atom is -0.376 e. The molecule has 0 radical (unpaired) electrons. The maximum atomic E-state index is 11.4. The van der Waals surface area contributed by atoms with Gasteiger partial charge in [-0.2, -0.15) is 0 Å². The highest BCUT2D eigenvalue weighted by Gasteiger charge is 2.33. The highest BCUT2D eigenvalue weighted by atomic mass is 16.3. The second kappa shape index (κ2) is 15.8. The zero-order chi connectivity index (χ0) is 19.8. The number of rotatable bonds is 3. The first-order chi connectivity index (χ1) is 12.8. The van der Waals surface area contributed by atoms with Crippen LogP contribution >= 0.6 is 0 Å². The molecule has 27 heavy (non-hydrogen) atoms. The highest BCUT2D eigenvalue weighted by molar-refractivity contribution is 5.46. The monoisotopic (exact) mass is 366 g/mol. The minimum atomic E-state index is -1.12. The largest absolute Gasteiger partial charge is 0.376 e. The van der Waals surface area contributed by atoms with Gasteiger partial charge in [0, 0.05) is 0 Å². The van der Waals surface area contributed by atoms with Crippen molar-refractivity contribution in [3.8, 4) is 0 Å². The van der Waals surface area contributed by atoms with Crippen LogP contribution < -0.4 is 0 Å². The number of hydrogen-bond acceptors (Lipinski definition) is 1. The van der Waals surface area contributed by atoms with Crippen LogP contribution in [0.4, 0.5) is 0 Å². The number of benzene rings is 3. The normalized spacial score (nSPS) is 9.00. The molecule has 0 amide bonds. The third-order valence-corrected chi connectivity index (χ3v) is 3.57. The molecule has 0 saturated heterocycles. The SMILES string of the molecule is C.CC.CC.CC.OC(c1ccccc1)(c1ccccc1)c1ccccc1. The molecule has 0 spiro atoms. The summed E-state index contributed by atoms with van der Waals surface area (Å²) in [5, 5.41) is 11.4. The van der Waals surface area contributed by atoms with E-state index in [0.29, 0.717) is 0 Å². The van der Waals surface area contributed by atoms with Gasteiger partial charge in [0.15, 0.2) is 0 Å². The zero-order valence-corrected chi connectivity index (χ0v) is 17.1. The van der Waals surface area contributed by atoms with Crippen molar-refractivity contribution in [1.29, 1.82) is 0 Å². The molecule has 0 unspecified atom stereocenters. The zero-order valence-electron chi connectivity index (χ0n) is 17.1. The van der Waals surface area contributed by atoms with Gasteiger partial charge in [0.1, 0.15) is 5.60 Å². The molecule has 0 fully saturated rings. The smallest absolute Gasteiger partial charge is 0.140 e. The lowest BCUT2D eigenvalue weighted by Crippen LogP contribution is -2.28. The molecule has 3 rings (SSSR count). The van der Waals surface area contributed by atoms with E-state index < -0.39 is 5.60 Å². The van der Waals surface area contributed by atoms with E-state index >= 15 is 0 Å². The predicted molar refractivity (Wildman–Crippen MR) is 122 cm³/mol. The first kappa shape index (κ1) is 26.8. The van der Waals surface area contributed by atoms with Gasteiger partial charge < -0.3 is 5.11 Å². The van der Waals surface area contributed by atoms with Crippen molar-refractivity contribution in [2.75, 3.05) is 0 Å². The molecule has 0 aromatic heterocycles. The fourth-order valence-corrected chi connectivity index (χ4v) is 2.54. The summed E-state index contributed by atoms with van der Waals surface area (Å²) in [6.45, 7) is 12.0. The lowest BCUT2D eigenvalue weighted by atomic mass is 9.80. The van der Waals surface area contributed by atoms with E-state index in [1.165, 1.54) is 0 Å². The Bertz CT molecular complexity index is 564. The van der Waals surface area contributed by atoms with E-state index in [2.05, 4.69) is 0 Å². The van der Waals surface area contributed by atoms with Gasteiger partial charge >= 0.3 is 0 Å². The Labute approximate surface area is 167 Å². The molecule has 1 nitrogen and oxygen atoms in total. The third-order valence-electron chi connectivity index (χ3n) is 3.57. The summed E-state index contributed by atoms with van der Waals surface area (Å²) in [4.78, 5) is 0. The Balaban J connectivity index is 0. The van der Waals surface area contributed by atoms with E-state index in [0.717, 1.165) is 16.7 Å². The summed E-state index contributed by atoms with van der Waals surface area (Å²) in [6, 6.07) is 29.3. The van der Waals surface area contributed by atoms with Crippen molar-refractivity contribution < 1.29 is 5.11 Å². The summed E-state index contributed by atoms with van der Waals surface area (Å²) in [5.74, 6) is 0. The van der Waals surface area contributed by atoms with E-state index in [-0.39, 0.29) is 7.43 Å². The van der Waals surface area contributed by atoms with Crippen LogP contribution in [-0.2, 0) is 5.60 Å². The lowest BCUT2D eigenvalue weighted by Gasteiger charge is -2.30. The highest BCUT2D eigenvalue weighted by Crippen LogP contribution is 2.36. The molecular weight excluding hydrogens is 328 g/mol. The van der Waals surface area contributed by atoms with Gasteiger partial charge in [0.05, 0.1) is 0 Å². The Morgan fingerprint density at radius 2 is 0.630 bits per heavy atom. The van der Waals surface area contributed by atoms with Crippen molar-refractivity contribution in [2.45, 2.75) is 54.6 Å². The second-order valence-corrected chi connectivity index (χ2v) is 4.81. The molecule has 1 N–H and O–H groups in total. The molecule has 3 aromatic rings. The van der Waals surface area contributed by atoms with Gasteiger partial charge in [0.2, 0.25) is 0 Å². The molecule has 0 aliphatic heterocycles. The predicted octanol–water partition coefficient (Wildman–Crippen LogP) is 7.69. The topological polar surface area (TPSA) is 20.2 Å². The maximum Gasteiger partial charge on any atom is 0.140 e. The van der Waals surface area contributed by atoms with Crippen LogP contribution in [0.1, 0.15) is 65.7 Å². The molecular formula is C26H38O. The van der Waals surface area contributed by atoms with Gasteiger partial charge in [-0.3, -0.25) is 0 Å². The van der Waals surface area contributed by atoms with Crippen LogP contribution in [-0.4, -0.2) is 5.11 Å². The minimum absolute atomic E-state index is 0. The molecule has 0 bridgehead atoms. The summed E-state index contributed by atoms with van der Waals surface area (Å²) in [7, 11) is 0. The Morgan fingerprint density at radius 1 is 0.444 bits per heavy atom. The van der Waals surface area contributed by atoms with Crippen molar-refractivity contribution in [3.05, 3.63) is 108 Å². The van der Waals surface area contributed by atoms with Crippen LogP contribution in [0.3, 0.4) is 0 Å². The average molecular weight is 367 g/mol.